The van der Waals surface area contributed by atoms with Crippen molar-refractivity contribution in [2.24, 2.45) is 11.8 Å². The van der Waals surface area contributed by atoms with Crippen molar-refractivity contribution in [3.63, 3.8) is 0 Å². The average Bonchev–Trinajstić information content (AvgIpc) is 3.01. The molecule has 4 rings (SSSR count). The van der Waals surface area contributed by atoms with Crippen molar-refractivity contribution in [3.05, 3.63) is 58.6 Å². The lowest BCUT2D eigenvalue weighted by Gasteiger charge is -2.42. The number of hydrogen-bond acceptors (Lipinski definition) is 6. The standard InChI is InChI=1S/C25H27ClF2N2O6S/c26-19-5-1-14(24(33)30-17-4-6-20(27)21(28)12-17)9-22(19)37(35,36)18-10-15-2-3-16(11-18)25(15,34)13-23(32)29-7-8-31/h1,4-6,9,12,15-16,18,31,34H,2-3,7-8,10-11,13H2,(H,29,32)(H,30,33)/t15-,16?,18?,25?/m0/s1. The summed E-state index contributed by atoms with van der Waals surface area (Å²) < 4.78 is 53.9. The zero-order valence-corrected chi connectivity index (χ0v) is 21.3. The fourth-order valence-corrected chi connectivity index (χ4v) is 7.89. The molecule has 2 aromatic carbocycles. The van der Waals surface area contributed by atoms with Crippen molar-refractivity contribution in [1.82, 2.24) is 5.32 Å². The van der Waals surface area contributed by atoms with Crippen LogP contribution in [0.3, 0.4) is 0 Å². The van der Waals surface area contributed by atoms with Gasteiger partial charge in [0.05, 0.1) is 33.8 Å². The molecule has 37 heavy (non-hydrogen) atoms. The number of sulfone groups is 1. The molecule has 4 N–H and O–H groups in total. The van der Waals surface area contributed by atoms with Crippen LogP contribution in [0.25, 0.3) is 0 Å². The number of aliphatic hydroxyl groups excluding tert-OH is 1. The predicted octanol–water partition coefficient (Wildman–Crippen LogP) is 3.06. The number of halogens is 3. The van der Waals surface area contributed by atoms with E-state index in [-0.39, 0.29) is 53.6 Å². The number of carbonyl (C=O) groups is 2. The zero-order chi connectivity index (χ0) is 27.0. The molecule has 0 aliphatic heterocycles. The van der Waals surface area contributed by atoms with Crippen molar-refractivity contribution >= 4 is 38.9 Å². The number of fused-ring (bicyclic) bond motifs is 2. The monoisotopic (exact) mass is 556 g/mol. The van der Waals surface area contributed by atoms with Crippen LogP contribution < -0.4 is 10.6 Å². The van der Waals surface area contributed by atoms with Gasteiger partial charge in [0.2, 0.25) is 5.91 Å². The van der Waals surface area contributed by atoms with Crippen LogP contribution in [0, 0.1) is 23.5 Å². The summed E-state index contributed by atoms with van der Waals surface area (Å²) in [5.41, 5.74) is -1.38. The second kappa shape index (κ2) is 10.6. The minimum atomic E-state index is -4.02. The Kier molecular flexibility index (Phi) is 7.89. The summed E-state index contributed by atoms with van der Waals surface area (Å²) in [7, 11) is -4.02. The highest BCUT2D eigenvalue weighted by Crippen LogP contribution is 2.53. The topological polar surface area (TPSA) is 133 Å². The molecule has 12 heteroatoms. The molecule has 0 saturated heterocycles. The molecule has 0 aromatic heterocycles. The Morgan fingerprint density at radius 2 is 1.73 bits per heavy atom. The molecule has 2 aliphatic rings. The lowest BCUT2D eigenvalue weighted by molar-refractivity contribution is -0.132. The number of benzene rings is 2. The first-order valence-corrected chi connectivity index (χ1v) is 13.8. The van der Waals surface area contributed by atoms with Crippen LogP contribution in [-0.2, 0) is 14.6 Å². The summed E-state index contributed by atoms with van der Waals surface area (Å²) in [6, 6.07) is 6.60. The maximum atomic E-state index is 13.6. The number of anilines is 1. The van der Waals surface area contributed by atoms with Gasteiger partial charge in [-0.3, -0.25) is 9.59 Å². The zero-order valence-electron chi connectivity index (χ0n) is 19.7. The van der Waals surface area contributed by atoms with E-state index < -0.39 is 56.0 Å². The first kappa shape index (κ1) is 27.4. The second-order valence-electron chi connectivity index (χ2n) is 9.58. The molecule has 2 aliphatic carbocycles. The third-order valence-corrected chi connectivity index (χ3v) is 10.0. The van der Waals surface area contributed by atoms with Gasteiger partial charge < -0.3 is 20.8 Å². The summed E-state index contributed by atoms with van der Waals surface area (Å²) in [5.74, 6) is -4.18. The summed E-state index contributed by atoms with van der Waals surface area (Å²) >= 11 is 6.24. The molecule has 3 unspecified atom stereocenters. The maximum absolute atomic E-state index is 13.6. The third-order valence-electron chi connectivity index (χ3n) is 7.37. The fourth-order valence-electron chi connectivity index (χ4n) is 5.49. The minimum Gasteiger partial charge on any atom is -0.395 e. The van der Waals surface area contributed by atoms with E-state index in [0.717, 1.165) is 18.2 Å². The van der Waals surface area contributed by atoms with Crippen LogP contribution in [0.1, 0.15) is 42.5 Å². The predicted molar refractivity (Wildman–Crippen MR) is 132 cm³/mol. The largest absolute Gasteiger partial charge is 0.395 e. The molecule has 2 amide bonds. The maximum Gasteiger partial charge on any atom is 0.255 e. The molecule has 0 radical (unpaired) electrons. The van der Waals surface area contributed by atoms with E-state index in [1.807, 2.05) is 0 Å². The van der Waals surface area contributed by atoms with Gasteiger partial charge in [-0.15, -0.1) is 0 Å². The molecule has 2 aromatic rings. The molecule has 200 valence electrons. The Labute approximate surface area is 217 Å². The average molecular weight is 557 g/mol. The Morgan fingerprint density at radius 3 is 2.35 bits per heavy atom. The SMILES string of the molecule is O=C(CC1(O)C2CC[C@H]1CC(S(=O)(=O)c1cc(C(=O)Nc3ccc(F)c(F)c3)ccc1Cl)C2)NCCO. The van der Waals surface area contributed by atoms with Gasteiger partial charge in [-0.25, -0.2) is 17.2 Å². The van der Waals surface area contributed by atoms with E-state index in [1.165, 1.54) is 18.2 Å². The van der Waals surface area contributed by atoms with Gasteiger partial charge in [-0.05, 0) is 67.9 Å². The first-order chi connectivity index (χ1) is 17.5. The third kappa shape index (κ3) is 5.50. The van der Waals surface area contributed by atoms with Gasteiger partial charge in [0.25, 0.3) is 5.91 Å². The lowest BCUT2D eigenvalue weighted by atomic mass is 9.72. The van der Waals surface area contributed by atoms with Crippen molar-refractivity contribution in [1.29, 1.82) is 0 Å². The van der Waals surface area contributed by atoms with Crippen molar-refractivity contribution in [3.8, 4) is 0 Å². The normalized spacial score (nSPS) is 25.1. The van der Waals surface area contributed by atoms with Crippen LogP contribution in [0.15, 0.2) is 41.3 Å². The van der Waals surface area contributed by atoms with Gasteiger partial charge in [0.15, 0.2) is 21.5 Å². The summed E-state index contributed by atoms with van der Waals surface area (Å²) in [6.07, 6.45) is 1.24. The summed E-state index contributed by atoms with van der Waals surface area (Å²) in [5, 5.41) is 24.2. The second-order valence-corrected chi connectivity index (χ2v) is 12.2. The van der Waals surface area contributed by atoms with E-state index in [1.54, 1.807) is 0 Å². The molecule has 4 atom stereocenters. The van der Waals surface area contributed by atoms with Gasteiger partial charge in [0.1, 0.15) is 0 Å². The molecule has 8 nitrogen and oxygen atoms in total. The molecular weight excluding hydrogens is 530 g/mol. The smallest absolute Gasteiger partial charge is 0.255 e. The van der Waals surface area contributed by atoms with Crippen LogP contribution in [0.2, 0.25) is 5.02 Å². The number of carbonyl (C=O) groups excluding carboxylic acids is 2. The highest BCUT2D eigenvalue weighted by Gasteiger charge is 2.56. The Bertz CT molecular complexity index is 1310. The van der Waals surface area contributed by atoms with Gasteiger partial charge in [0, 0.05) is 23.9 Å². The van der Waals surface area contributed by atoms with E-state index >= 15 is 0 Å². The number of amides is 2. The minimum absolute atomic E-state index is 0.00516. The number of hydrogen-bond donors (Lipinski definition) is 4. The van der Waals surface area contributed by atoms with Crippen LogP contribution in [0.4, 0.5) is 14.5 Å². The van der Waals surface area contributed by atoms with E-state index in [2.05, 4.69) is 10.6 Å². The van der Waals surface area contributed by atoms with Gasteiger partial charge in [-0.2, -0.15) is 0 Å². The number of aliphatic hydroxyl groups is 2. The Hall–Kier alpha value is -2.60. The lowest BCUT2D eigenvalue weighted by Crippen LogP contribution is -2.50. The highest BCUT2D eigenvalue weighted by atomic mass is 35.5. The quantitative estimate of drug-likeness (QED) is 0.395. The van der Waals surface area contributed by atoms with Crippen LogP contribution >= 0.6 is 11.6 Å². The van der Waals surface area contributed by atoms with Crippen LogP contribution in [-0.4, -0.2) is 54.4 Å². The Morgan fingerprint density at radius 1 is 1.05 bits per heavy atom. The van der Waals surface area contributed by atoms with Gasteiger partial charge in [-0.1, -0.05) is 11.6 Å². The van der Waals surface area contributed by atoms with E-state index in [4.69, 9.17) is 16.7 Å². The Balaban J connectivity index is 1.53. The number of rotatable bonds is 8. The van der Waals surface area contributed by atoms with E-state index in [0.29, 0.717) is 12.8 Å². The van der Waals surface area contributed by atoms with Gasteiger partial charge >= 0.3 is 0 Å². The molecule has 0 spiro atoms. The summed E-state index contributed by atoms with van der Waals surface area (Å²) in [6.45, 7) is -0.157. The molecule has 2 saturated carbocycles. The van der Waals surface area contributed by atoms with Crippen LogP contribution in [0.5, 0.6) is 0 Å². The molecule has 0 heterocycles. The van der Waals surface area contributed by atoms with Crippen molar-refractivity contribution < 1.29 is 37.0 Å². The molecule has 2 bridgehead atoms. The summed E-state index contributed by atoms with van der Waals surface area (Å²) in [4.78, 5) is 24.7. The number of nitrogens with one attached hydrogen (secondary N) is 2. The van der Waals surface area contributed by atoms with Crippen molar-refractivity contribution in [2.45, 2.75) is 47.9 Å². The first-order valence-electron chi connectivity index (χ1n) is 11.9. The van der Waals surface area contributed by atoms with Crippen molar-refractivity contribution in [2.75, 3.05) is 18.5 Å². The molecular formula is C25H27ClF2N2O6S. The highest BCUT2D eigenvalue weighted by molar-refractivity contribution is 7.92. The molecule has 2 fully saturated rings. The fraction of sp³-hybridized carbons (Fsp3) is 0.440. The van der Waals surface area contributed by atoms with E-state index in [9.17, 15) is 31.9 Å².